The largest absolute Gasteiger partial charge is 0.492 e. The Hall–Kier alpha value is -2.93. The van der Waals surface area contributed by atoms with Gasteiger partial charge < -0.3 is 10.1 Å². The molecule has 8 heteroatoms. The second-order valence-corrected chi connectivity index (χ2v) is 7.65. The van der Waals surface area contributed by atoms with Gasteiger partial charge in [0.15, 0.2) is 5.82 Å². The van der Waals surface area contributed by atoms with Crippen LogP contribution in [0.15, 0.2) is 42.5 Å². The molecule has 0 radical (unpaired) electrons. The Morgan fingerprint density at radius 2 is 2.11 bits per heavy atom. The molecule has 1 aliphatic heterocycles. The van der Waals surface area contributed by atoms with Crippen molar-refractivity contribution >= 4 is 23.2 Å². The first-order chi connectivity index (χ1) is 13.7. The minimum atomic E-state index is -0.272. The van der Waals surface area contributed by atoms with E-state index in [2.05, 4.69) is 20.8 Å². The normalized spacial score (nSPS) is 18.2. The highest BCUT2D eigenvalue weighted by Crippen LogP contribution is 2.37. The Bertz CT molecular complexity index is 1050. The average Bonchev–Trinajstić information content (AvgIpc) is 3.43. The lowest BCUT2D eigenvalue weighted by atomic mass is 9.96. The summed E-state index contributed by atoms with van der Waals surface area (Å²) in [4.78, 5) is 12.8. The Labute approximate surface area is 166 Å². The van der Waals surface area contributed by atoms with E-state index in [-0.39, 0.29) is 11.8 Å². The molecule has 0 bridgehead atoms. The van der Waals surface area contributed by atoms with E-state index in [0.717, 1.165) is 35.5 Å². The Balaban J connectivity index is 1.32. The lowest BCUT2D eigenvalue weighted by molar-refractivity contribution is -0.121. The number of carbonyl (C=O) groups excluding carboxylic acids is 1. The molecule has 7 nitrogen and oxygen atoms in total. The summed E-state index contributed by atoms with van der Waals surface area (Å²) in [5, 5.41) is 15.7. The summed E-state index contributed by atoms with van der Waals surface area (Å²) in [6, 6.07) is 13.5. The summed E-state index contributed by atoms with van der Waals surface area (Å²) < 4.78 is 7.59. The van der Waals surface area contributed by atoms with Crippen LogP contribution in [0.3, 0.4) is 0 Å². The van der Waals surface area contributed by atoms with Crippen LogP contribution in [0.2, 0.25) is 5.02 Å². The molecule has 1 saturated carbocycles. The molecule has 1 aliphatic carbocycles. The molecule has 2 aromatic carbocycles. The van der Waals surface area contributed by atoms with Crippen molar-refractivity contribution in [2.75, 3.05) is 11.9 Å². The number of hydrogen-bond donors (Lipinski definition) is 1. The highest BCUT2D eigenvalue weighted by molar-refractivity contribution is 6.30. The van der Waals surface area contributed by atoms with Crippen LogP contribution in [0.5, 0.6) is 5.75 Å². The van der Waals surface area contributed by atoms with Gasteiger partial charge in [-0.3, -0.25) is 4.79 Å². The topological polar surface area (TPSA) is 81.9 Å². The van der Waals surface area contributed by atoms with Gasteiger partial charge in [-0.2, -0.15) is 0 Å². The zero-order chi connectivity index (χ0) is 19.1. The minimum Gasteiger partial charge on any atom is -0.492 e. The first kappa shape index (κ1) is 17.2. The lowest BCUT2D eigenvalue weighted by Crippen LogP contribution is -2.32. The van der Waals surface area contributed by atoms with Crippen molar-refractivity contribution in [2.45, 2.75) is 25.3 Å². The van der Waals surface area contributed by atoms with Crippen LogP contribution in [0.1, 0.15) is 24.4 Å². The third kappa shape index (κ3) is 3.33. The van der Waals surface area contributed by atoms with Gasteiger partial charge in [0, 0.05) is 16.3 Å². The summed E-state index contributed by atoms with van der Waals surface area (Å²) in [6.45, 7) is 0.347. The van der Waals surface area contributed by atoms with Gasteiger partial charge in [0.05, 0.1) is 12.0 Å². The van der Waals surface area contributed by atoms with Gasteiger partial charge in [0.25, 0.3) is 0 Å². The van der Waals surface area contributed by atoms with E-state index in [0.29, 0.717) is 29.8 Å². The van der Waals surface area contributed by atoms with Crippen molar-refractivity contribution < 1.29 is 9.53 Å². The fourth-order valence-electron chi connectivity index (χ4n) is 3.46. The summed E-state index contributed by atoms with van der Waals surface area (Å²) in [7, 11) is 0. The van der Waals surface area contributed by atoms with Gasteiger partial charge in [0.1, 0.15) is 12.4 Å². The number of hydrogen-bond acceptors (Lipinski definition) is 5. The summed E-state index contributed by atoms with van der Waals surface area (Å²) in [5.74, 6) is 1.17. The second-order valence-electron chi connectivity index (χ2n) is 7.21. The number of halogens is 1. The van der Waals surface area contributed by atoms with Crippen LogP contribution in [0, 0.1) is 5.92 Å². The van der Waals surface area contributed by atoms with Crippen molar-refractivity contribution in [1.82, 2.24) is 20.2 Å². The number of aromatic nitrogens is 4. The Morgan fingerprint density at radius 3 is 2.96 bits per heavy atom. The van der Waals surface area contributed by atoms with Crippen LogP contribution in [0.4, 0.5) is 5.69 Å². The van der Waals surface area contributed by atoms with E-state index < -0.39 is 0 Å². The maximum atomic E-state index is 12.8. The molecule has 2 heterocycles. The lowest BCUT2D eigenvalue weighted by Gasteiger charge is -2.24. The molecule has 1 aromatic heterocycles. The number of carbonyl (C=O) groups is 1. The molecular formula is C20H18ClN5O2. The molecule has 1 atom stereocenters. The van der Waals surface area contributed by atoms with E-state index in [1.165, 1.54) is 0 Å². The van der Waals surface area contributed by atoms with Crippen molar-refractivity contribution in [3.8, 4) is 17.1 Å². The molecule has 28 heavy (non-hydrogen) atoms. The third-order valence-corrected chi connectivity index (χ3v) is 5.31. The molecule has 3 aromatic rings. The molecule has 1 amide bonds. The number of rotatable bonds is 4. The Morgan fingerprint density at radius 1 is 1.21 bits per heavy atom. The molecule has 5 rings (SSSR count). The maximum absolute atomic E-state index is 12.8. The second kappa shape index (κ2) is 6.91. The molecule has 142 valence electrons. The van der Waals surface area contributed by atoms with Crippen molar-refractivity contribution in [2.24, 2.45) is 5.92 Å². The number of fused-ring (bicyclic) bond motifs is 1. The van der Waals surface area contributed by atoms with Gasteiger partial charge >= 0.3 is 0 Å². The highest BCUT2D eigenvalue weighted by Gasteiger charge is 2.29. The molecule has 2 aliphatic rings. The Kier molecular flexibility index (Phi) is 4.24. The van der Waals surface area contributed by atoms with E-state index in [1.54, 1.807) is 6.07 Å². The molecule has 1 N–H and O–H groups in total. The minimum absolute atomic E-state index is 0.0791. The predicted octanol–water partition coefficient (Wildman–Crippen LogP) is 3.52. The standard InChI is InChI=1S/C20H18ClN5O2/c21-15-4-7-18-13(9-15)8-14(11-28-18)20(27)22-16-3-1-2-12(10-16)19-23-24-25-26(19)17-5-6-17/h1-4,7,9-10,14,17H,5-6,8,11H2,(H,22,27). The average molecular weight is 396 g/mol. The SMILES string of the molecule is O=C(Nc1cccc(-c2nnnn2C2CC2)c1)C1COc2ccc(Cl)cc2C1. The molecular weight excluding hydrogens is 378 g/mol. The fourth-order valence-corrected chi connectivity index (χ4v) is 3.66. The number of tetrazole rings is 1. The van der Waals surface area contributed by atoms with Crippen LogP contribution in [-0.2, 0) is 11.2 Å². The number of nitrogens with one attached hydrogen (secondary N) is 1. The highest BCUT2D eigenvalue weighted by atomic mass is 35.5. The smallest absolute Gasteiger partial charge is 0.231 e. The number of anilines is 1. The maximum Gasteiger partial charge on any atom is 0.231 e. The summed E-state index contributed by atoms with van der Waals surface area (Å²) >= 11 is 6.07. The molecule has 0 saturated heterocycles. The van der Waals surface area contributed by atoms with Gasteiger partial charge in [-0.05, 0) is 65.6 Å². The first-order valence-electron chi connectivity index (χ1n) is 9.28. The number of nitrogens with zero attached hydrogens (tertiary/aromatic N) is 4. The predicted molar refractivity (Wildman–Crippen MR) is 104 cm³/mol. The molecule has 1 unspecified atom stereocenters. The zero-order valence-corrected chi connectivity index (χ0v) is 15.8. The summed E-state index contributed by atoms with van der Waals surface area (Å²) in [5.41, 5.74) is 2.55. The van der Waals surface area contributed by atoms with Gasteiger partial charge in [0.2, 0.25) is 5.91 Å². The van der Waals surface area contributed by atoms with E-state index >= 15 is 0 Å². The zero-order valence-electron chi connectivity index (χ0n) is 15.0. The fraction of sp³-hybridized carbons (Fsp3) is 0.300. The monoisotopic (exact) mass is 395 g/mol. The van der Waals surface area contributed by atoms with E-state index in [1.807, 2.05) is 41.1 Å². The van der Waals surface area contributed by atoms with Gasteiger partial charge in [-0.15, -0.1) is 5.10 Å². The van der Waals surface area contributed by atoms with Crippen LogP contribution in [0.25, 0.3) is 11.4 Å². The van der Waals surface area contributed by atoms with E-state index in [9.17, 15) is 4.79 Å². The van der Waals surface area contributed by atoms with E-state index in [4.69, 9.17) is 16.3 Å². The molecule has 0 spiro atoms. The number of benzene rings is 2. The molecule has 1 fully saturated rings. The van der Waals surface area contributed by atoms with Crippen molar-refractivity contribution in [3.05, 3.63) is 53.1 Å². The van der Waals surface area contributed by atoms with Gasteiger partial charge in [-0.1, -0.05) is 23.7 Å². The summed E-state index contributed by atoms with van der Waals surface area (Å²) in [6.07, 6.45) is 2.80. The third-order valence-electron chi connectivity index (χ3n) is 5.07. The van der Waals surface area contributed by atoms with Crippen molar-refractivity contribution in [1.29, 1.82) is 0 Å². The van der Waals surface area contributed by atoms with Crippen LogP contribution >= 0.6 is 11.6 Å². The van der Waals surface area contributed by atoms with Gasteiger partial charge in [-0.25, -0.2) is 4.68 Å². The van der Waals surface area contributed by atoms with Crippen LogP contribution in [-0.4, -0.2) is 32.7 Å². The number of ether oxygens (including phenoxy) is 1. The first-order valence-corrected chi connectivity index (χ1v) is 9.65. The number of amides is 1. The van der Waals surface area contributed by atoms with Crippen LogP contribution < -0.4 is 10.1 Å². The van der Waals surface area contributed by atoms with Crippen molar-refractivity contribution in [3.63, 3.8) is 0 Å². The quantitative estimate of drug-likeness (QED) is 0.730.